The number of aromatic nitrogens is 2. The van der Waals surface area contributed by atoms with Crippen LogP contribution in [-0.2, 0) is 24.2 Å². The van der Waals surface area contributed by atoms with Gasteiger partial charge in [-0.05, 0) is 72.4 Å². The third-order valence-corrected chi connectivity index (χ3v) is 6.68. The minimum atomic E-state index is -0.691. The third-order valence-electron chi connectivity index (χ3n) is 6.68. The van der Waals surface area contributed by atoms with Crippen molar-refractivity contribution in [3.8, 4) is 5.75 Å². The van der Waals surface area contributed by atoms with Crippen molar-refractivity contribution in [2.45, 2.75) is 45.3 Å². The van der Waals surface area contributed by atoms with Gasteiger partial charge in [-0.3, -0.25) is 4.79 Å². The molecule has 33 heavy (non-hydrogen) atoms. The van der Waals surface area contributed by atoms with Gasteiger partial charge in [0.2, 0.25) is 5.91 Å². The number of rotatable bonds is 4. The van der Waals surface area contributed by atoms with E-state index in [9.17, 15) is 9.90 Å². The summed E-state index contributed by atoms with van der Waals surface area (Å²) < 4.78 is 0. The van der Waals surface area contributed by atoms with Gasteiger partial charge in [0.25, 0.3) is 0 Å². The molecule has 5 rings (SSSR count). The van der Waals surface area contributed by atoms with Crippen LogP contribution in [0.5, 0.6) is 5.75 Å². The molecule has 4 aromatic rings. The quantitative estimate of drug-likeness (QED) is 0.446. The van der Waals surface area contributed by atoms with Crippen LogP contribution in [-0.4, -0.2) is 31.9 Å². The van der Waals surface area contributed by atoms with Crippen LogP contribution in [0.1, 0.15) is 39.7 Å². The molecule has 1 aromatic heterocycles. The number of fused-ring (bicyclic) bond motifs is 2. The molecule has 2 atom stereocenters. The summed E-state index contributed by atoms with van der Waals surface area (Å²) in [7, 11) is 0. The minimum Gasteiger partial charge on any atom is -0.508 e. The number of hydrogen-bond donors (Lipinski definition) is 3. The fourth-order valence-electron chi connectivity index (χ4n) is 4.94. The smallest absolute Gasteiger partial charge is 0.240 e. The first-order chi connectivity index (χ1) is 15.9. The highest BCUT2D eigenvalue weighted by molar-refractivity contribution is 5.83. The lowest BCUT2D eigenvalue weighted by Crippen LogP contribution is -2.48. The average Bonchev–Trinajstić information content (AvgIpc) is 3.24. The lowest BCUT2D eigenvalue weighted by atomic mass is 9.91. The van der Waals surface area contributed by atoms with Gasteiger partial charge in [0, 0.05) is 13.0 Å². The van der Waals surface area contributed by atoms with Crippen LogP contribution in [0.2, 0.25) is 0 Å². The summed E-state index contributed by atoms with van der Waals surface area (Å²) in [6.45, 7) is 4.37. The number of imidazole rings is 1. The Morgan fingerprint density at radius 1 is 1.12 bits per heavy atom. The topological polar surface area (TPSA) is 95.2 Å². The van der Waals surface area contributed by atoms with Gasteiger partial charge < -0.3 is 20.7 Å². The van der Waals surface area contributed by atoms with E-state index in [1.807, 2.05) is 55.1 Å². The van der Waals surface area contributed by atoms with E-state index in [0.29, 0.717) is 19.4 Å². The van der Waals surface area contributed by atoms with Gasteiger partial charge in [-0.2, -0.15) is 0 Å². The van der Waals surface area contributed by atoms with E-state index in [2.05, 4.69) is 17.1 Å². The molecule has 1 aliphatic rings. The van der Waals surface area contributed by atoms with Gasteiger partial charge in [-0.15, -0.1) is 0 Å². The van der Waals surface area contributed by atoms with Crippen LogP contribution in [0.4, 0.5) is 0 Å². The maximum atomic E-state index is 13.7. The molecule has 1 aliphatic heterocycles. The summed E-state index contributed by atoms with van der Waals surface area (Å²) in [6, 6.07) is 18.7. The van der Waals surface area contributed by atoms with E-state index < -0.39 is 6.04 Å². The van der Waals surface area contributed by atoms with Crippen LogP contribution < -0.4 is 5.73 Å². The molecule has 0 radical (unpaired) electrons. The summed E-state index contributed by atoms with van der Waals surface area (Å²) in [4.78, 5) is 23.8. The molecule has 168 valence electrons. The summed E-state index contributed by atoms with van der Waals surface area (Å²) >= 11 is 0. The van der Waals surface area contributed by atoms with E-state index in [1.165, 1.54) is 5.56 Å². The Kier molecular flexibility index (Phi) is 5.38. The van der Waals surface area contributed by atoms with Gasteiger partial charge >= 0.3 is 0 Å². The average molecular weight is 441 g/mol. The molecule has 0 saturated carbocycles. The van der Waals surface area contributed by atoms with Crippen LogP contribution in [0.25, 0.3) is 11.0 Å². The molecule has 0 saturated heterocycles. The molecule has 0 fully saturated rings. The number of phenols is 1. The highest BCUT2D eigenvalue weighted by Gasteiger charge is 2.35. The molecule has 0 aliphatic carbocycles. The normalized spacial score (nSPS) is 16.6. The number of nitrogens with zero attached hydrogens (tertiary/aromatic N) is 2. The largest absolute Gasteiger partial charge is 0.508 e. The van der Waals surface area contributed by atoms with Crippen molar-refractivity contribution < 1.29 is 9.90 Å². The van der Waals surface area contributed by atoms with Crippen molar-refractivity contribution >= 4 is 16.9 Å². The van der Waals surface area contributed by atoms with Crippen molar-refractivity contribution in [1.82, 2.24) is 14.9 Å². The monoisotopic (exact) mass is 440 g/mol. The second-order valence-electron chi connectivity index (χ2n) is 8.96. The Balaban J connectivity index is 1.48. The number of carbonyl (C=O) groups is 1. The fraction of sp³-hybridized carbons (Fsp3) is 0.259. The first-order valence-corrected chi connectivity index (χ1v) is 11.3. The van der Waals surface area contributed by atoms with E-state index in [4.69, 9.17) is 10.7 Å². The van der Waals surface area contributed by atoms with Crippen LogP contribution >= 0.6 is 0 Å². The number of aryl methyl sites for hydroxylation is 2. The minimum absolute atomic E-state index is 0.0955. The number of hydrogen-bond acceptors (Lipinski definition) is 4. The third kappa shape index (κ3) is 3.98. The van der Waals surface area contributed by atoms with E-state index in [0.717, 1.165) is 39.1 Å². The Morgan fingerprint density at radius 3 is 2.52 bits per heavy atom. The number of carbonyl (C=O) groups excluding carboxylic acids is 1. The molecule has 1 unspecified atom stereocenters. The Hall–Kier alpha value is -3.64. The zero-order valence-electron chi connectivity index (χ0n) is 18.9. The second-order valence-corrected chi connectivity index (χ2v) is 8.96. The standard InChI is InChI=1S/C27H28N4O2/c1-16-11-20(32)12-17(2)21(16)14-22(28)27(33)31-15-19-8-4-3-7-18(19)13-25(31)26-29-23-9-5-6-10-24(23)30-26/h3-12,22,25,32H,13-15,28H2,1-2H3,(H,29,30)/t22-,25?/m0/s1. The summed E-state index contributed by atoms with van der Waals surface area (Å²) in [5, 5.41) is 9.86. The van der Waals surface area contributed by atoms with Crippen molar-refractivity contribution in [2.75, 3.05) is 0 Å². The van der Waals surface area contributed by atoms with Gasteiger partial charge in [0.15, 0.2) is 0 Å². The number of para-hydroxylation sites is 2. The maximum Gasteiger partial charge on any atom is 0.240 e. The summed E-state index contributed by atoms with van der Waals surface area (Å²) in [5.74, 6) is 0.913. The van der Waals surface area contributed by atoms with Crippen molar-refractivity contribution in [3.63, 3.8) is 0 Å². The number of nitrogens with one attached hydrogen (secondary N) is 1. The van der Waals surface area contributed by atoms with Gasteiger partial charge in [-0.25, -0.2) is 4.98 Å². The van der Waals surface area contributed by atoms with Gasteiger partial charge in [0.05, 0.1) is 23.1 Å². The lowest BCUT2D eigenvalue weighted by Gasteiger charge is -2.37. The predicted octanol–water partition coefficient (Wildman–Crippen LogP) is 4.08. The van der Waals surface area contributed by atoms with Crippen LogP contribution in [0, 0.1) is 13.8 Å². The molecular formula is C27H28N4O2. The Labute approximate surface area is 193 Å². The van der Waals surface area contributed by atoms with Crippen LogP contribution in [0.3, 0.4) is 0 Å². The summed E-state index contributed by atoms with van der Waals surface area (Å²) in [5.41, 5.74) is 13.6. The molecule has 1 amide bonds. The molecule has 4 N–H and O–H groups in total. The van der Waals surface area contributed by atoms with E-state index >= 15 is 0 Å². The SMILES string of the molecule is Cc1cc(O)cc(C)c1C[C@H](N)C(=O)N1Cc2ccccc2CC1c1nc2ccccc2[nH]1. The van der Waals surface area contributed by atoms with Crippen LogP contribution in [0.15, 0.2) is 60.7 Å². The van der Waals surface area contributed by atoms with Crippen molar-refractivity contribution in [3.05, 3.63) is 94.3 Å². The summed E-state index contributed by atoms with van der Waals surface area (Å²) in [6.07, 6.45) is 1.10. The number of aromatic amines is 1. The molecule has 6 heteroatoms. The molecule has 0 spiro atoms. The van der Waals surface area contributed by atoms with E-state index in [-0.39, 0.29) is 17.7 Å². The predicted molar refractivity (Wildman–Crippen MR) is 129 cm³/mol. The number of phenolic OH excluding ortho intramolecular Hbond substituents is 1. The highest BCUT2D eigenvalue weighted by Crippen LogP contribution is 2.34. The number of nitrogens with two attached hydrogens (primary N) is 1. The number of benzene rings is 3. The zero-order chi connectivity index (χ0) is 23.1. The Morgan fingerprint density at radius 2 is 1.79 bits per heavy atom. The number of H-pyrrole nitrogens is 1. The fourth-order valence-corrected chi connectivity index (χ4v) is 4.94. The van der Waals surface area contributed by atoms with Gasteiger partial charge in [0.1, 0.15) is 11.6 Å². The number of aromatic hydroxyl groups is 1. The highest BCUT2D eigenvalue weighted by atomic mass is 16.3. The Bertz CT molecular complexity index is 1290. The lowest BCUT2D eigenvalue weighted by molar-refractivity contribution is -0.136. The first-order valence-electron chi connectivity index (χ1n) is 11.3. The van der Waals surface area contributed by atoms with Crippen molar-refractivity contribution in [1.29, 1.82) is 0 Å². The molecular weight excluding hydrogens is 412 g/mol. The van der Waals surface area contributed by atoms with Gasteiger partial charge in [-0.1, -0.05) is 36.4 Å². The molecule has 3 aromatic carbocycles. The molecule has 2 heterocycles. The second kappa shape index (κ2) is 8.37. The maximum absolute atomic E-state index is 13.7. The molecule has 6 nitrogen and oxygen atoms in total. The first kappa shape index (κ1) is 21.2. The zero-order valence-corrected chi connectivity index (χ0v) is 18.9. The van der Waals surface area contributed by atoms with Crippen molar-refractivity contribution in [2.24, 2.45) is 5.73 Å². The molecule has 0 bridgehead atoms. The van der Waals surface area contributed by atoms with E-state index in [1.54, 1.807) is 12.1 Å². The number of amides is 1.